The first-order valence-electron chi connectivity index (χ1n) is 9.20. The van der Waals surface area contributed by atoms with E-state index in [4.69, 9.17) is 4.74 Å². The van der Waals surface area contributed by atoms with E-state index in [1.54, 1.807) is 28.9 Å². The van der Waals surface area contributed by atoms with E-state index in [-0.39, 0.29) is 43.7 Å². The second-order valence-electron chi connectivity index (χ2n) is 6.53. The van der Waals surface area contributed by atoms with Crippen LogP contribution in [0, 0.1) is 10.1 Å². The normalized spacial score (nSPS) is 14.5. The van der Waals surface area contributed by atoms with Gasteiger partial charge < -0.3 is 14.5 Å². The van der Waals surface area contributed by atoms with E-state index in [0.29, 0.717) is 18.2 Å². The summed E-state index contributed by atoms with van der Waals surface area (Å²) >= 11 is 0. The summed E-state index contributed by atoms with van der Waals surface area (Å²) in [7, 11) is 0. The molecule has 3 rings (SSSR count). The number of nitrogens with zero attached hydrogens (tertiary/aromatic N) is 4. The lowest BCUT2D eigenvalue weighted by Crippen LogP contribution is -2.49. The van der Waals surface area contributed by atoms with Gasteiger partial charge in [0.05, 0.1) is 17.1 Å². The highest BCUT2D eigenvalue weighted by atomic mass is 19.4. The number of benzene rings is 1. The molecule has 2 heterocycles. The summed E-state index contributed by atoms with van der Waals surface area (Å²) in [5.74, 6) is -0.0566. The highest BCUT2D eigenvalue weighted by Gasteiger charge is 2.34. The van der Waals surface area contributed by atoms with Gasteiger partial charge in [0.15, 0.2) is 0 Å². The molecule has 0 saturated carbocycles. The molecule has 1 amide bonds. The fraction of sp³-hybridized carbons (Fsp3) is 0.368. The van der Waals surface area contributed by atoms with Crippen LogP contribution >= 0.6 is 0 Å². The number of hydrogen-bond acceptors (Lipinski definition) is 6. The van der Waals surface area contributed by atoms with Crippen LogP contribution in [0.25, 0.3) is 0 Å². The lowest BCUT2D eigenvalue weighted by Gasteiger charge is -2.36. The Balaban J connectivity index is 1.76. The van der Waals surface area contributed by atoms with E-state index < -0.39 is 22.4 Å². The number of amides is 1. The van der Waals surface area contributed by atoms with Crippen molar-refractivity contribution in [3.8, 4) is 5.88 Å². The molecule has 1 aliphatic rings. The van der Waals surface area contributed by atoms with Gasteiger partial charge in [-0.2, -0.15) is 13.2 Å². The highest BCUT2D eigenvalue weighted by molar-refractivity contribution is 5.96. The number of hydrogen-bond donors (Lipinski definition) is 0. The average molecular weight is 424 g/mol. The minimum absolute atomic E-state index is 0.0940. The first-order chi connectivity index (χ1) is 14.2. The summed E-state index contributed by atoms with van der Waals surface area (Å²) in [6.07, 6.45) is -3.15. The van der Waals surface area contributed by atoms with Gasteiger partial charge in [-0.25, -0.2) is 4.98 Å². The molecule has 11 heteroatoms. The van der Waals surface area contributed by atoms with E-state index >= 15 is 0 Å². The predicted molar refractivity (Wildman–Crippen MR) is 102 cm³/mol. The van der Waals surface area contributed by atoms with Gasteiger partial charge in [0.1, 0.15) is 11.3 Å². The maximum absolute atomic E-state index is 12.9. The van der Waals surface area contributed by atoms with Crippen molar-refractivity contribution in [1.29, 1.82) is 0 Å². The van der Waals surface area contributed by atoms with Crippen LogP contribution in [0.4, 0.5) is 24.5 Å². The van der Waals surface area contributed by atoms with Crippen molar-refractivity contribution >= 4 is 17.3 Å². The van der Waals surface area contributed by atoms with Crippen LogP contribution < -0.4 is 9.64 Å². The van der Waals surface area contributed by atoms with Crippen molar-refractivity contribution in [2.45, 2.75) is 13.1 Å². The van der Waals surface area contributed by atoms with Gasteiger partial charge in [0, 0.05) is 38.4 Å². The van der Waals surface area contributed by atoms with E-state index in [1.165, 1.54) is 6.20 Å². The molecule has 0 aliphatic carbocycles. The number of carbonyl (C=O) groups is 1. The maximum Gasteiger partial charge on any atom is 0.416 e. The number of aromatic nitrogens is 1. The molecule has 8 nitrogen and oxygen atoms in total. The Hall–Kier alpha value is -3.37. The highest BCUT2D eigenvalue weighted by Crippen LogP contribution is 2.36. The number of nitro benzene ring substituents is 1. The monoisotopic (exact) mass is 424 g/mol. The predicted octanol–water partition coefficient (Wildman–Crippen LogP) is 3.37. The molecule has 30 heavy (non-hydrogen) atoms. The van der Waals surface area contributed by atoms with Gasteiger partial charge in [-0.3, -0.25) is 14.9 Å². The number of pyridine rings is 1. The number of piperazine rings is 1. The molecule has 0 unspecified atom stereocenters. The zero-order valence-electron chi connectivity index (χ0n) is 16.1. The van der Waals surface area contributed by atoms with Gasteiger partial charge in [-0.05, 0) is 31.2 Å². The Morgan fingerprint density at radius 2 is 1.93 bits per heavy atom. The van der Waals surface area contributed by atoms with Gasteiger partial charge in [0.2, 0.25) is 5.88 Å². The quantitative estimate of drug-likeness (QED) is 0.540. The molecule has 0 N–H and O–H groups in total. The lowest BCUT2D eigenvalue weighted by atomic mass is 10.1. The Kier molecular flexibility index (Phi) is 6.09. The van der Waals surface area contributed by atoms with Crippen LogP contribution in [0.2, 0.25) is 0 Å². The second kappa shape index (κ2) is 8.56. The van der Waals surface area contributed by atoms with Gasteiger partial charge in [-0.15, -0.1) is 0 Å². The summed E-state index contributed by atoms with van der Waals surface area (Å²) in [6.45, 7) is 3.10. The fourth-order valence-corrected chi connectivity index (χ4v) is 3.24. The SMILES string of the molecule is CCOc1ncccc1C(=O)N1CCN(c2ccc(C(F)(F)F)cc2[N+](=O)[O-])CC1. The summed E-state index contributed by atoms with van der Waals surface area (Å²) in [4.78, 5) is 30.5. The fourth-order valence-electron chi connectivity index (χ4n) is 3.24. The van der Waals surface area contributed by atoms with E-state index in [2.05, 4.69) is 4.98 Å². The first kappa shape index (κ1) is 21.3. The molecular formula is C19H19F3N4O4. The van der Waals surface area contributed by atoms with Crippen molar-refractivity contribution in [2.75, 3.05) is 37.7 Å². The molecular weight excluding hydrogens is 405 g/mol. The van der Waals surface area contributed by atoms with Gasteiger partial charge in [0.25, 0.3) is 11.6 Å². The third-order valence-electron chi connectivity index (χ3n) is 4.69. The number of alkyl halides is 3. The largest absolute Gasteiger partial charge is 0.477 e. The minimum Gasteiger partial charge on any atom is -0.477 e. The standard InChI is InChI=1S/C19H19F3N4O4/c1-2-30-17-14(4-3-7-23-17)18(27)25-10-8-24(9-11-25)15-6-5-13(19(20,21)22)12-16(15)26(28)29/h3-7,12H,2,8-11H2,1H3. The number of rotatable bonds is 5. The van der Waals surface area contributed by atoms with E-state index in [0.717, 1.165) is 12.1 Å². The van der Waals surface area contributed by atoms with Crippen LogP contribution in [0.1, 0.15) is 22.8 Å². The summed E-state index contributed by atoms with van der Waals surface area (Å²) in [6, 6.07) is 5.69. The Morgan fingerprint density at radius 3 is 2.53 bits per heavy atom. The molecule has 1 aliphatic heterocycles. The molecule has 1 fully saturated rings. The Labute approximate surface area is 170 Å². The molecule has 0 spiro atoms. The van der Waals surface area contributed by atoms with E-state index in [9.17, 15) is 28.1 Å². The third-order valence-corrected chi connectivity index (χ3v) is 4.69. The number of anilines is 1. The molecule has 1 saturated heterocycles. The molecule has 0 bridgehead atoms. The van der Waals surface area contributed by atoms with Crippen molar-refractivity contribution in [3.05, 3.63) is 57.8 Å². The van der Waals surface area contributed by atoms with Crippen molar-refractivity contribution in [3.63, 3.8) is 0 Å². The maximum atomic E-state index is 12.9. The number of nitro groups is 1. The smallest absolute Gasteiger partial charge is 0.416 e. The zero-order valence-corrected chi connectivity index (χ0v) is 16.1. The van der Waals surface area contributed by atoms with Crippen LogP contribution in [-0.4, -0.2) is 53.5 Å². The Morgan fingerprint density at radius 1 is 1.23 bits per heavy atom. The molecule has 160 valence electrons. The first-order valence-corrected chi connectivity index (χ1v) is 9.20. The van der Waals surface area contributed by atoms with Crippen molar-refractivity contribution in [2.24, 2.45) is 0 Å². The van der Waals surface area contributed by atoms with Gasteiger partial charge in [-0.1, -0.05) is 0 Å². The third kappa shape index (κ3) is 4.44. The molecule has 0 radical (unpaired) electrons. The van der Waals surface area contributed by atoms with Crippen LogP contribution in [0.3, 0.4) is 0 Å². The van der Waals surface area contributed by atoms with Crippen LogP contribution in [-0.2, 0) is 6.18 Å². The Bertz CT molecular complexity index is 944. The van der Waals surface area contributed by atoms with Gasteiger partial charge >= 0.3 is 6.18 Å². The summed E-state index contributed by atoms with van der Waals surface area (Å²) in [5, 5.41) is 11.3. The molecule has 2 aromatic rings. The van der Waals surface area contributed by atoms with Crippen LogP contribution in [0.15, 0.2) is 36.5 Å². The zero-order chi connectivity index (χ0) is 21.9. The van der Waals surface area contributed by atoms with Crippen molar-refractivity contribution < 1.29 is 27.6 Å². The van der Waals surface area contributed by atoms with Crippen LogP contribution in [0.5, 0.6) is 5.88 Å². The molecule has 1 aromatic carbocycles. The topological polar surface area (TPSA) is 88.8 Å². The van der Waals surface area contributed by atoms with Crippen molar-refractivity contribution in [1.82, 2.24) is 9.88 Å². The molecule has 1 aromatic heterocycles. The second-order valence-corrected chi connectivity index (χ2v) is 6.53. The number of carbonyl (C=O) groups excluding carboxylic acids is 1. The lowest BCUT2D eigenvalue weighted by molar-refractivity contribution is -0.384. The average Bonchev–Trinajstić information content (AvgIpc) is 2.73. The molecule has 0 atom stereocenters. The van der Waals surface area contributed by atoms with E-state index in [1.807, 2.05) is 0 Å². The summed E-state index contributed by atoms with van der Waals surface area (Å²) in [5.41, 5.74) is -1.29. The number of halogens is 3. The number of ether oxygens (including phenoxy) is 1. The minimum atomic E-state index is -4.67. The summed E-state index contributed by atoms with van der Waals surface area (Å²) < 4.78 is 44.1.